The second-order valence-electron chi connectivity index (χ2n) is 3.82. The summed E-state index contributed by atoms with van der Waals surface area (Å²) in [5.41, 5.74) is -0.569. The Balaban J connectivity index is 2.09. The van der Waals surface area contributed by atoms with Crippen molar-refractivity contribution in [1.82, 2.24) is 20.2 Å². The van der Waals surface area contributed by atoms with Crippen LogP contribution in [0, 0.1) is 6.92 Å². The van der Waals surface area contributed by atoms with Crippen LogP contribution >= 0.6 is 0 Å². The zero-order chi connectivity index (χ0) is 9.31. The van der Waals surface area contributed by atoms with Gasteiger partial charge in [0, 0.05) is 0 Å². The Morgan fingerprint density at radius 2 is 2.15 bits per heavy atom. The Labute approximate surface area is 76.8 Å². The number of hydrogen-bond acceptors (Lipinski definition) is 4. The van der Waals surface area contributed by atoms with Gasteiger partial charge in [-0.2, -0.15) is 0 Å². The zero-order valence-electron chi connectivity index (χ0n) is 7.77. The first-order valence-corrected chi connectivity index (χ1v) is 4.65. The molecule has 1 N–H and O–H groups in total. The predicted molar refractivity (Wildman–Crippen MR) is 46.0 cm³/mol. The smallest absolute Gasteiger partial charge is 0.148 e. The largest absolute Gasteiger partial charge is 0.388 e. The number of aliphatic hydroxyl groups is 1. The molecule has 0 saturated heterocycles. The van der Waals surface area contributed by atoms with Gasteiger partial charge in [0.25, 0.3) is 0 Å². The van der Waals surface area contributed by atoms with Gasteiger partial charge in [0.1, 0.15) is 5.82 Å². The average Bonchev–Trinajstić information content (AvgIpc) is 2.64. The number of rotatable bonds is 2. The molecule has 0 radical (unpaired) electrons. The van der Waals surface area contributed by atoms with Crippen LogP contribution in [-0.4, -0.2) is 30.9 Å². The summed E-state index contributed by atoms with van der Waals surface area (Å²) in [5.74, 6) is 0.764. The van der Waals surface area contributed by atoms with Crippen LogP contribution in [0.3, 0.4) is 0 Å². The fourth-order valence-corrected chi connectivity index (χ4v) is 1.87. The molecule has 0 unspecified atom stereocenters. The third-order valence-corrected chi connectivity index (χ3v) is 2.69. The van der Waals surface area contributed by atoms with Crippen molar-refractivity contribution < 1.29 is 5.11 Å². The van der Waals surface area contributed by atoms with E-state index in [0.717, 1.165) is 31.5 Å². The van der Waals surface area contributed by atoms with Gasteiger partial charge in [-0.25, -0.2) is 4.68 Å². The standard InChI is InChI=1S/C8H14N4O/c1-7-9-10-11-12(7)6-8(13)4-2-3-5-8/h13H,2-6H2,1H3. The molecular formula is C8H14N4O. The van der Waals surface area contributed by atoms with Crippen molar-refractivity contribution in [1.29, 1.82) is 0 Å². The Morgan fingerprint density at radius 1 is 1.46 bits per heavy atom. The summed E-state index contributed by atoms with van der Waals surface area (Å²) in [6.07, 6.45) is 3.95. The number of tetrazole rings is 1. The van der Waals surface area contributed by atoms with E-state index in [1.54, 1.807) is 4.68 Å². The second-order valence-corrected chi connectivity index (χ2v) is 3.82. The molecule has 5 heteroatoms. The fourth-order valence-electron chi connectivity index (χ4n) is 1.87. The van der Waals surface area contributed by atoms with Crippen molar-refractivity contribution in [2.45, 2.75) is 44.8 Å². The minimum atomic E-state index is -0.569. The van der Waals surface area contributed by atoms with E-state index in [4.69, 9.17) is 0 Å². The van der Waals surface area contributed by atoms with Gasteiger partial charge in [0.15, 0.2) is 0 Å². The molecule has 1 aliphatic rings. The highest BCUT2D eigenvalue weighted by atomic mass is 16.3. The molecule has 0 aliphatic heterocycles. The van der Waals surface area contributed by atoms with E-state index in [2.05, 4.69) is 15.5 Å². The Kier molecular flexibility index (Phi) is 2.03. The highest BCUT2D eigenvalue weighted by Gasteiger charge is 2.32. The molecule has 1 heterocycles. The van der Waals surface area contributed by atoms with Crippen LogP contribution in [0.15, 0.2) is 0 Å². The molecule has 0 spiro atoms. The van der Waals surface area contributed by atoms with Gasteiger partial charge in [-0.3, -0.25) is 0 Å². The van der Waals surface area contributed by atoms with Gasteiger partial charge in [-0.05, 0) is 30.2 Å². The molecule has 1 aliphatic carbocycles. The summed E-state index contributed by atoms with van der Waals surface area (Å²) in [6.45, 7) is 2.38. The van der Waals surface area contributed by atoms with E-state index in [-0.39, 0.29) is 0 Å². The molecule has 1 aromatic rings. The van der Waals surface area contributed by atoms with Crippen molar-refractivity contribution in [3.05, 3.63) is 5.82 Å². The maximum Gasteiger partial charge on any atom is 0.148 e. The van der Waals surface area contributed by atoms with Gasteiger partial charge in [-0.1, -0.05) is 12.8 Å². The first-order valence-electron chi connectivity index (χ1n) is 4.65. The second kappa shape index (κ2) is 3.06. The molecule has 0 bridgehead atoms. The van der Waals surface area contributed by atoms with Crippen LogP contribution in [-0.2, 0) is 6.54 Å². The van der Waals surface area contributed by atoms with Gasteiger partial charge in [0.2, 0.25) is 0 Å². The quantitative estimate of drug-likeness (QED) is 0.713. The molecule has 72 valence electrons. The maximum absolute atomic E-state index is 10.1. The monoisotopic (exact) mass is 182 g/mol. The van der Waals surface area contributed by atoms with Crippen molar-refractivity contribution in [3.63, 3.8) is 0 Å². The normalized spacial score (nSPS) is 20.8. The van der Waals surface area contributed by atoms with Crippen LogP contribution in [0.2, 0.25) is 0 Å². The van der Waals surface area contributed by atoms with E-state index in [1.807, 2.05) is 6.92 Å². The minimum Gasteiger partial charge on any atom is -0.388 e. The van der Waals surface area contributed by atoms with E-state index in [9.17, 15) is 5.11 Å². The topological polar surface area (TPSA) is 63.8 Å². The SMILES string of the molecule is Cc1nnnn1CC1(O)CCCC1. The lowest BCUT2D eigenvalue weighted by Crippen LogP contribution is -2.31. The zero-order valence-corrected chi connectivity index (χ0v) is 7.77. The van der Waals surface area contributed by atoms with E-state index in [0.29, 0.717) is 6.54 Å². The van der Waals surface area contributed by atoms with Crippen LogP contribution in [0.1, 0.15) is 31.5 Å². The third kappa shape index (κ3) is 1.70. The van der Waals surface area contributed by atoms with Gasteiger partial charge in [0.05, 0.1) is 12.1 Å². The van der Waals surface area contributed by atoms with Crippen LogP contribution < -0.4 is 0 Å². The number of aromatic nitrogens is 4. The molecule has 1 fully saturated rings. The first-order chi connectivity index (χ1) is 6.20. The summed E-state index contributed by atoms with van der Waals surface area (Å²) in [5, 5.41) is 21.2. The summed E-state index contributed by atoms with van der Waals surface area (Å²) >= 11 is 0. The Morgan fingerprint density at radius 3 is 2.69 bits per heavy atom. The Bertz CT molecular complexity index is 290. The van der Waals surface area contributed by atoms with Crippen molar-refractivity contribution in [3.8, 4) is 0 Å². The van der Waals surface area contributed by atoms with Crippen LogP contribution in [0.4, 0.5) is 0 Å². The summed E-state index contributed by atoms with van der Waals surface area (Å²) in [7, 11) is 0. The lowest BCUT2D eigenvalue weighted by atomic mass is 10.0. The van der Waals surface area contributed by atoms with Crippen LogP contribution in [0.25, 0.3) is 0 Å². The van der Waals surface area contributed by atoms with Crippen molar-refractivity contribution >= 4 is 0 Å². The molecule has 1 aromatic heterocycles. The van der Waals surface area contributed by atoms with Crippen LogP contribution in [0.5, 0.6) is 0 Å². The molecule has 0 atom stereocenters. The predicted octanol–water partition coefficient (Wildman–Crippen LogP) is 0.287. The fraction of sp³-hybridized carbons (Fsp3) is 0.875. The summed E-state index contributed by atoms with van der Waals surface area (Å²) in [4.78, 5) is 0. The lowest BCUT2D eigenvalue weighted by molar-refractivity contribution is 0.0253. The average molecular weight is 182 g/mol. The van der Waals surface area contributed by atoms with Crippen molar-refractivity contribution in [2.24, 2.45) is 0 Å². The third-order valence-electron chi connectivity index (χ3n) is 2.69. The number of hydrogen-bond donors (Lipinski definition) is 1. The molecule has 1 saturated carbocycles. The minimum absolute atomic E-state index is 0.534. The Hall–Kier alpha value is -0.970. The maximum atomic E-state index is 10.1. The number of nitrogens with zero attached hydrogens (tertiary/aromatic N) is 4. The highest BCUT2D eigenvalue weighted by molar-refractivity contribution is 4.86. The van der Waals surface area contributed by atoms with E-state index >= 15 is 0 Å². The van der Waals surface area contributed by atoms with Gasteiger partial charge >= 0.3 is 0 Å². The summed E-state index contributed by atoms with van der Waals surface area (Å²) in [6, 6.07) is 0. The van der Waals surface area contributed by atoms with Gasteiger partial charge < -0.3 is 5.11 Å². The molecule has 13 heavy (non-hydrogen) atoms. The number of aryl methyl sites for hydroxylation is 1. The van der Waals surface area contributed by atoms with Gasteiger partial charge in [-0.15, -0.1) is 5.10 Å². The molecule has 2 rings (SSSR count). The lowest BCUT2D eigenvalue weighted by Gasteiger charge is -2.21. The van der Waals surface area contributed by atoms with E-state index < -0.39 is 5.60 Å². The molecular weight excluding hydrogens is 168 g/mol. The summed E-state index contributed by atoms with van der Waals surface area (Å²) < 4.78 is 1.67. The molecule has 0 aromatic carbocycles. The van der Waals surface area contributed by atoms with Crippen molar-refractivity contribution in [2.75, 3.05) is 0 Å². The highest BCUT2D eigenvalue weighted by Crippen LogP contribution is 2.30. The molecule has 0 amide bonds. The molecule has 5 nitrogen and oxygen atoms in total. The first kappa shape index (κ1) is 8.62. The van der Waals surface area contributed by atoms with E-state index in [1.165, 1.54) is 0 Å².